The standard InChI is InChI=1S/C15H24N2O/c1-11-5-6-12(2)13(8-11)9-14(17-16)10-15-4-3-7-18-15/h5-6,8,14-15,17H,3-4,7,9-10,16H2,1-2H3. The molecule has 0 aliphatic carbocycles. The minimum absolute atomic E-state index is 0.300. The Labute approximate surface area is 110 Å². The summed E-state index contributed by atoms with van der Waals surface area (Å²) in [5, 5.41) is 0. The van der Waals surface area contributed by atoms with E-state index in [-0.39, 0.29) is 0 Å². The van der Waals surface area contributed by atoms with E-state index in [0.29, 0.717) is 12.1 Å². The lowest BCUT2D eigenvalue weighted by molar-refractivity contribution is 0.0946. The molecule has 0 bridgehead atoms. The number of nitrogens with two attached hydrogens (primary N) is 1. The smallest absolute Gasteiger partial charge is 0.0591 e. The maximum Gasteiger partial charge on any atom is 0.0591 e. The SMILES string of the molecule is Cc1ccc(C)c(CC(CC2CCCO2)NN)c1. The summed E-state index contributed by atoms with van der Waals surface area (Å²) >= 11 is 0. The van der Waals surface area contributed by atoms with Gasteiger partial charge in [0.25, 0.3) is 0 Å². The molecule has 1 aromatic carbocycles. The minimum atomic E-state index is 0.300. The van der Waals surface area contributed by atoms with Crippen LogP contribution in [0.1, 0.15) is 36.0 Å². The summed E-state index contributed by atoms with van der Waals surface area (Å²) < 4.78 is 5.68. The van der Waals surface area contributed by atoms with Crippen molar-refractivity contribution in [1.82, 2.24) is 5.43 Å². The van der Waals surface area contributed by atoms with Crippen LogP contribution in [0.4, 0.5) is 0 Å². The van der Waals surface area contributed by atoms with Crippen molar-refractivity contribution in [2.45, 2.75) is 51.7 Å². The fourth-order valence-corrected chi connectivity index (χ4v) is 2.64. The zero-order chi connectivity index (χ0) is 13.0. The Morgan fingerprint density at radius 3 is 2.94 bits per heavy atom. The molecule has 1 fully saturated rings. The number of ether oxygens (including phenoxy) is 1. The van der Waals surface area contributed by atoms with Gasteiger partial charge in [0.2, 0.25) is 0 Å². The van der Waals surface area contributed by atoms with Gasteiger partial charge in [-0.05, 0) is 50.7 Å². The number of hydrogen-bond donors (Lipinski definition) is 2. The van der Waals surface area contributed by atoms with E-state index in [9.17, 15) is 0 Å². The number of hydrogen-bond acceptors (Lipinski definition) is 3. The lowest BCUT2D eigenvalue weighted by atomic mass is 9.96. The van der Waals surface area contributed by atoms with E-state index >= 15 is 0 Å². The number of rotatable bonds is 5. The summed E-state index contributed by atoms with van der Waals surface area (Å²) in [7, 11) is 0. The largest absolute Gasteiger partial charge is 0.378 e. The van der Waals surface area contributed by atoms with E-state index in [4.69, 9.17) is 10.6 Å². The van der Waals surface area contributed by atoms with Crippen molar-refractivity contribution in [2.24, 2.45) is 5.84 Å². The molecule has 1 aromatic rings. The second kappa shape index (κ2) is 6.32. The van der Waals surface area contributed by atoms with E-state index < -0.39 is 0 Å². The van der Waals surface area contributed by atoms with Gasteiger partial charge in [-0.2, -0.15) is 0 Å². The van der Waals surface area contributed by atoms with Crippen LogP contribution in [0.2, 0.25) is 0 Å². The summed E-state index contributed by atoms with van der Waals surface area (Å²) in [6, 6.07) is 6.90. The Morgan fingerprint density at radius 2 is 2.28 bits per heavy atom. The highest BCUT2D eigenvalue weighted by atomic mass is 16.5. The molecule has 1 aliphatic rings. The molecule has 1 aliphatic heterocycles. The normalized spacial score (nSPS) is 21.2. The van der Waals surface area contributed by atoms with Crippen molar-refractivity contribution < 1.29 is 4.74 Å². The fraction of sp³-hybridized carbons (Fsp3) is 0.600. The van der Waals surface area contributed by atoms with Crippen molar-refractivity contribution in [2.75, 3.05) is 6.61 Å². The van der Waals surface area contributed by atoms with E-state index in [1.165, 1.54) is 29.5 Å². The summed E-state index contributed by atoms with van der Waals surface area (Å²) in [6.07, 6.45) is 4.72. The van der Waals surface area contributed by atoms with Crippen molar-refractivity contribution in [1.29, 1.82) is 0 Å². The summed E-state index contributed by atoms with van der Waals surface area (Å²) in [6.45, 7) is 5.20. The van der Waals surface area contributed by atoms with Crippen LogP contribution in [0.25, 0.3) is 0 Å². The van der Waals surface area contributed by atoms with Crippen molar-refractivity contribution in [3.8, 4) is 0 Å². The number of aryl methyl sites for hydroxylation is 2. The molecular weight excluding hydrogens is 224 g/mol. The van der Waals surface area contributed by atoms with Crippen molar-refractivity contribution in [3.05, 3.63) is 34.9 Å². The van der Waals surface area contributed by atoms with Crippen LogP contribution in [-0.2, 0) is 11.2 Å². The lowest BCUT2D eigenvalue weighted by Gasteiger charge is -2.20. The predicted molar refractivity (Wildman–Crippen MR) is 74.3 cm³/mol. The monoisotopic (exact) mass is 248 g/mol. The van der Waals surface area contributed by atoms with Crippen LogP contribution in [0.5, 0.6) is 0 Å². The molecular formula is C15H24N2O. The van der Waals surface area contributed by atoms with Gasteiger partial charge in [-0.1, -0.05) is 23.8 Å². The first kappa shape index (κ1) is 13.5. The third-order valence-electron chi connectivity index (χ3n) is 3.78. The van der Waals surface area contributed by atoms with Gasteiger partial charge in [0, 0.05) is 12.6 Å². The van der Waals surface area contributed by atoms with E-state index in [2.05, 4.69) is 37.5 Å². The van der Waals surface area contributed by atoms with Gasteiger partial charge >= 0.3 is 0 Å². The minimum Gasteiger partial charge on any atom is -0.378 e. The molecule has 1 saturated heterocycles. The quantitative estimate of drug-likeness (QED) is 0.620. The Hall–Kier alpha value is -0.900. The molecule has 0 radical (unpaired) electrons. The molecule has 3 N–H and O–H groups in total. The average Bonchev–Trinajstić information content (AvgIpc) is 2.85. The molecule has 100 valence electrons. The second-order valence-corrected chi connectivity index (χ2v) is 5.37. The van der Waals surface area contributed by atoms with Crippen molar-refractivity contribution >= 4 is 0 Å². The van der Waals surface area contributed by atoms with E-state index in [0.717, 1.165) is 19.4 Å². The van der Waals surface area contributed by atoms with Gasteiger partial charge in [0.05, 0.1) is 6.10 Å². The first-order valence-corrected chi connectivity index (χ1v) is 6.83. The molecule has 2 rings (SSSR count). The molecule has 18 heavy (non-hydrogen) atoms. The predicted octanol–water partition coefficient (Wildman–Crippen LogP) is 2.25. The first-order valence-electron chi connectivity index (χ1n) is 6.83. The Balaban J connectivity index is 1.98. The first-order chi connectivity index (χ1) is 8.69. The second-order valence-electron chi connectivity index (χ2n) is 5.37. The molecule has 0 saturated carbocycles. The highest BCUT2D eigenvalue weighted by Gasteiger charge is 2.20. The van der Waals surface area contributed by atoms with Crippen LogP contribution < -0.4 is 11.3 Å². The highest BCUT2D eigenvalue weighted by molar-refractivity contribution is 5.31. The third kappa shape index (κ3) is 3.55. The Bertz CT molecular complexity index is 386. The number of nitrogens with one attached hydrogen (secondary N) is 1. The van der Waals surface area contributed by atoms with Crippen LogP contribution in [0.3, 0.4) is 0 Å². The maximum atomic E-state index is 5.68. The number of hydrazine groups is 1. The molecule has 2 atom stereocenters. The molecule has 0 aromatic heterocycles. The molecule has 3 nitrogen and oxygen atoms in total. The Kier molecular flexibility index (Phi) is 4.75. The van der Waals surface area contributed by atoms with Gasteiger partial charge in [-0.25, -0.2) is 0 Å². The van der Waals surface area contributed by atoms with Crippen LogP contribution in [0.15, 0.2) is 18.2 Å². The fourth-order valence-electron chi connectivity index (χ4n) is 2.64. The summed E-state index contributed by atoms with van der Waals surface area (Å²) in [5.74, 6) is 5.68. The molecule has 1 heterocycles. The topological polar surface area (TPSA) is 47.3 Å². The Morgan fingerprint density at radius 1 is 1.44 bits per heavy atom. The summed E-state index contributed by atoms with van der Waals surface area (Å²) in [4.78, 5) is 0. The van der Waals surface area contributed by atoms with Gasteiger partial charge in [-0.3, -0.25) is 11.3 Å². The number of benzene rings is 1. The molecule has 2 unspecified atom stereocenters. The average molecular weight is 248 g/mol. The van der Waals surface area contributed by atoms with Gasteiger partial charge < -0.3 is 4.74 Å². The zero-order valence-electron chi connectivity index (χ0n) is 11.4. The molecule has 0 amide bonds. The zero-order valence-corrected chi connectivity index (χ0v) is 11.4. The van der Waals surface area contributed by atoms with Crippen molar-refractivity contribution in [3.63, 3.8) is 0 Å². The van der Waals surface area contributed by atoms with E-state index in [1.807, 2.05) is 0 Å². The van der Waals surface area contributed by atoms with Crippen LogP contribution >= 0.6 is 0 Å². The molecule has 0 spiro atoms. The summed E-state index contributed by atoms with van der Waals surface area (Å²) in [5.41, 5.74) is 6.98. The van der Waals surface area contributed by atoms with Crippen LogP contribution in [-0.4, -0.2) is 18.8 Å². The van der Waals surface area contributed by atoms with Gasteiger partial charge in [0.1, 0.15) is 0 Å². The maximum absolute atomic E-state index is 5.68. The third-order valence-corrected chi connectivity index (χ3v) is 3.78. The highest BCUT2D eigenvalue weighted by Crippen LogP contribution is 2.20. The van der Waals surface area contributed by atoms with Gasteiger partial charge in [0.15, 0.2) is 0 Å². The van der Waals surface area contributed by atoms with Crippen LogP contribution in [0, 0.1) is 13.8 Å². The van der Waals surface area contributed by atoms with Gasteiger partial charge in [-0.15, -0.1) is 0 Å². The molecule has 3 heteroatoms. The van der Waals surface area contributed by atoms with E-state index in [1.54, 1.807) is 0 Å². The lowest BCUT2D eigenvalue weighted by Crippen LogP contribution is -2.39.